The number of benzene rings is 1. The predicted octanol–water partition coefficient (Wildman–Crippen LogP) is 1.55. The standard InChI is InChI=1S/C23H22F3N7O3S/c24-13-3-11(4-14(25)21(13)26)16-7-32(31-30-16)17-6-18(36-19(8-34)22(17)35)23-27-9-29-33(23)12-1-2-15-20(5-12)37-10-28-15/h1-5,7,9-10,15,17-20,22-23,34-35H,6,8H2,(H,27,29)/t15?,17-,18-,19-,20?,22?,23?/m1/s1. The number of aromatic nitrogens is 3. The van der Waals surface area contributed by atoms with E-state index in [0.717, 1.165) is 17.8 Å². The number of thioether (sulfide) groups is 1. The third-order valence-electron chi connectivity index (χ3n) is 6.79. The van der Waals surface area contributed by atoms with Crippen LogP contribution < -0.4 is 5.43 Å². The Bertz CT molecular complexity index is 1300. The van der Waals surface area contributed by atoms with Crippen molar-refractivity contribution in [2.45, 2.75) is 48.2 Å². The van der Waals surface area contributed by atoms with Crippen LogP contribution in [0.25, 0.3) is 11.3 Å². The lowest BCUT2D eigenvalue weighted by Crippen LogP contribution is -2.54. The molecule has 194 valence electrons. The van der Waals surface area contributed by atoms with Gasteiger partial charge in [0, 0.05) is 12.0 Å². The molecule has 3 N–H and O–H groups in total. The molecule has 37 heavy (non-hydrogen) atoms. The van der Waals surface area contributed by atoms with Crippen LogP contribution in [0.1, 0.15) is 12.5 Å². The molecule has 0 amide bonds. The molecule has 4 aliphatic rings. The third-order valence-corrected chi connectivity index (χ3v) is 7.77. The van der Waals surface area contributed by atoms with E-state index in [1.807, 2.05) is 22.7 Å². The van der Waals surface area contributed by atoms with Gasteiger partial charge in [-0.25, -0.2) is 22.8 Å². The van der Waals surface area contributed by atoms with E-state index in [0.29, 0.717) is 0 Å². The lowest BCUT2D eigenvalue weighted by Gasteiger charge is -2.42. The molecule has 6 rings (SSSR count). The van der Waals surface area contributed by atoms with Crippen LogP contribution in [-0.4, -0.2) is 84.5 Å². The van der Waals surface area contributed by atoms with Gasteiger partial charge in [-0.15, -0.1) is 16.9 Å². The van der Waals surface area contributed by atoms with Crippen LogP contribution in [0.15, 0.2) is 52.2 Å². The summed E-state index contributed by atoms with van der Waals surface area (Å²) in [4.78, 5) is 8.95. The van der Waals surface area contributed by atoms with Crippen molar-refractivity contribution in [1.82, 2.24) is 25.4 Å². The molecule has 1 saturated heterocycles. The number of aliphatic hydroxyl groups is 2. The van der Waals surface area contributed by atoms with Gasteiger partial charge in [0.25, 0.3) is 0 Å². The van der Waals surface area contributed by atoms with Crippen molar-refractivity contribution in [1.29, 1.82) is 0 Å². The average Bonchev–Trinajstić information content (AvgIpc) is 3.67. The maximum absolute atomic E-state index is 13.7. The number of fused-ring (bicyclic) bond motifs is 1. The summed E-state index contributed by atoms with van der Waals surface area (Å²) in [6.45, 7) is -0.450. The Kier molecular flexibility index (Phi) is 6.26. The van der Waals surface area contributed by atoms with E-state index in [-0.39, 0.29) is 29.0 Å². The predicted molar refractivity (Wildman–Crippen MR) is 129 cm³/mol. The first kappa shape index (κ1) is 24.2. The fourth-order valence-corrected chi connectivity index (χ4v) is 5.78. The van der Waals surface area contributed by atoms with Crippen molar-refractivity contribution < 1.29 is 28.1 Å². The van der Waals surface area contributed by atoms with E-state index in [9.17, 15) is 23.4 Å². The summed E-state index contributed by atoms with van der Waals surface area (Å²) < 4.78 is 48.3. The third kappa shape index (κ3) is 4.33. The van der Waals surface area contributed by atoms with Crippen LogP contribution in [0, 0.1) is 17.5 Å². The molecule has 0 bridgehead atoms. The van der Waals surface area contributed by atoms with Crippen LogP contribution in [0.3, 0.4) is 0 Å². The molecule has 2 aromatic rings. The maximum Gasteiger partial charge on any atom is 0.194 e. The van der Waals surface area contributed by atoms with E-state index in [2.05, 4.69) is 31.8 Å². The Morgan fingerprint density at radius 1 is 1.19 bits per heavy atom. The van der Waals surface area contributed by atoms with Gasteiger partial charge in [-0.3, -0.25) is 15.4 Å². The van der Waals surface area contributed by atoms with Crippen LogP contribution in [0.2, 0.25) is 0 Å². The summed E-state index contributed by atoms with van der Waals surface area (Å²) in [6.07, 6.45) is 6.14. The summed E-state index contributed by atoms with van der Waals surface area (Å²) in [5.74, 6) is -4.26. The van der Waals surface area contributed by atoms with Crippen molar-refractivity contribution in [2.24, 2.45) is 9.98 Å². The summed E-state index contributed by atoms with van der Waals surface area (Å²) in [6, 6.07) is 1.06. The Labute approximate surface area is 213 Å². The second-order valence-electron chi connectivity index (χ2n) is 9.01. The van der Waals surface area contributed by atoms with Gasteiger partial charge >= 0.3 is 0 Å². The quantitative estimate of drug-likeness (QED) is 0.496. The minimum Gasteiger partial charge on any atom is -0.394 e. The number of nitrogens with one attached hydrogen (secondary N) is 1. The van der Waals surface area contributed by atoms with E-state index < -0.39 is 54.6 Å². The van der Waals surface area contributed by atoms with Crippen LogP contribution >= 0.6 is 11.8 Å². The lowest BCUT2D eigenvalue weighted by atomic mass is 9.93. The fourth-order valence-electron chi connectivity index (χ4n) is 4.89. The molecule has 7 atom stereocenters. The molecule has 0 spiro atoms. The van der Waals surface area contributed by atoms with Gasteiger partial charge in [0.15, 0.2) is 23.6 Å². The number of rotatable bonds is 5. The van der Waals surface area contributed by atoms with Crippen LogP contribution in [0.4, 0.5) is 13.2 Å². The van der Waals surface area contributed by atoms with Gasteiger partial charge in [0.1, 0.15) is 30.3 Å². The minimum atomic E-state index is -1.57. The Balaban J connectivity index is 1.25. The zero-order chi connectivity index (χ0) is 25.7. The largest absolute Gasteiger partial charge is 0.394 e. The topological polar surface area (TPSA) is 120 Å². The van der Waals surface area contributed by atoms with Crippen molar-refractivity contribution >= 4 is 23.6 Å². The highest BCUT2D eigenvalue weighted by molar-refractivity contribution is 8.13. The smallest absolute Gasteiger partial charge is 0.194 e. The number of halogens is 3. The number of nitrogens with zero attached hydrogens (tertiary/aromatic N) is 6. The molecule has 0 saturated carbocycles. The summed E-state index contributed by atoms with van der Waals surface area (Å²) in [7, 11) is 0. The first-order chi connectivity index (χ1) is 17.9. The molecule has 10 nitrogen and oxygen atoms in total. The monoisotopic (exact) mass is 533 g/mol. The van der Waals surface area contributed by atoms with Crippen molar-refractivity contribution in [2.75, 3.05) is 6.61 Å². The number of allylic oxidation sites excluding steroid dienone is 1. The van der Waals surface area contributed by atoms with Gasteiger partial charge in [-0.05, 0) is 24.3 Å². The van der Waals surface area contributed by atoms with Crippen molar-refractivity contribution in [3.63, 3.8) is 0 Å². The second kappa shape index (κ2) is 9.59. The summed E-state index contributed by atoms with van der Waals surface area (Å²) >= 11 is 1.63. The average molecular weight is 534 g/mol. The van der Waals surface area contributed by atoms with E-state index in [1.54, 1.807) is 18.1 Å². The number of hydrogen-bond acceptors (Lipinski definition) is 10. The highest BCUT2D eigenvalue weighted by atomic mass is 32.2. The normalized spacial score (nSPS) is 32.5. The molecule has 1 fully saturated rings. The molecule has 3 aliphatic heterocycles. The Hall–Kier alpha value is -3.20. The highest BCUT2D eigenvalue weighted by Gasteiger charge is 2.45. The maximum atomic E-state index is 13.7. The molecular formula is C23H22F3N7O3S. The highest BCUT2D eigenvalue weighted by Crippen LogP contribution is 2.36. The molecule has 0 radical (unpaired) electrons. The van der Waals surface area contributed by atoms with Gasteiger partial charge in [-0.1, -0.05) is 11.3 Å². The lowest BCUT2D eigenvalue weighted by molar-refractivity contribution is -0.171. The Morgan fingerprint density at radius 2 is 2.00 bits per heavy atom. The van der Waals surface area contributed by atoms with Gasteiger partial charge in [-0.2, -0.15) is 0 Å². The first-order valence-electron chi connectivity index (χ1n) is 11.6. The zero-order valence-electron chi connectivity index (χ0n) is 19.1. The number of aliphatic imine (C=N–C) groups is 2. The molecular weight excluding hydrogens is 511 g/mol. The van der Waals surface area contributed by atoms with Gasteiger partial charge in [0.2, 0.25) is 0 Å². The Morgan fingerprint density at radius 3 is 2.78 bits per heavy atom. The van der Waals surface area contributed by atoms with Gasteiger partial charge < -0.3 is 14.9 Å². The van der Waals surface area contributed by atoms with E-state index in [1.165, 1.54) is 10.9 Å². The SMILES string of the molecule is OC[C@H]1O[C@@H](C2N=CNN2C2=CC3SC=NC3C=C2)C[C@@H](n2cc(-c3cc(F)c(F)c(F)c3)nn2)C1O. The molecule has 1 aliphatic carbocycles. The summed E-state index contributed by atoms with van der Waals surface area (Å²) in [5, 5.41) is 30.9. The molecule has 1 aromatic heterocycles. The molecule has 14 heteroatoms. The first-order valence-corrected chi connectivity index (χ1v) is 12.5. The fraction of sp³-hybridized carbons (Fsp3) is 0.391. The molecule has 4 heterocycles. The molecule has 4 unspecified atom stereocenters. The second-order valence-corrected chi connectivity index (χ2v) is 10.0. The van der Waals surface area contributed by atoms with E-state index >= 15 is 0 Å². The minimum absolute atomic E-state index is 0.00156. The van der Waals surface area contributed by atoms with Crippen molar-refractivity contribution in [3.05, 3.63) is 59.7 Å². The van der Waals surface area contributed by atoms with Crippen LogP contribution in [0.5, 0.6) is 0 Å². The zero-order valence-corrected chi connectivity index (χ0v) is 19.9. The number of hydrogen-bond donors (Lipinski definition) is 3. The number of ether oxygens (including phenoxy) is 1. The van der Waals surface area contributed by atoms with E-state index in [4.69, 9.17) is 4.74 Å². The van der Waals surface area contributed by atoms with Crippen LogP contribution in [-0.2, 0) is 4.74 Å². The molecule has 1 aromatic carbocycles. The van der Waals surface area contributed by atoms with Gasteiger partial charge in [0.05, 0.1) is 41.4 Å². The summed E-state index contributed by atoms with van der Waals surface area (Å²) in [5.41, 5.74) is 5.95. The number of hydrazine groups is 1. The van der Waals surface area contributed by atoms with Crippen molar-refractivity contribution in [3.8, 4) is 11.3 Å². The number of aliphatic hydroxyl groups excluding tert-OH is 2.